The maximum absolute atomic E-state index is 13.3. The second-order valence-corrected chi connectivity index (χ2v) is 10.3. The lowest BCUT2D eigenvalue weighted by molar-refractivity contribution is -0.132. The fourth-order valence-corrected chi connectivity index (χ4v) is 4.20. The van der Waals surface area contributed by atoms with Crippen molar-refractivity contribution in [3.8, 4) is 17.2 Å². The molecule has 1 aliphatic heterocycles. The first kappa shape index (κ1) is 32.2. The van der Waals surface area contributed by atoms with E-state index in [0.717, 1.165) is 0 Å². The van der Waals surface area contributed by atoms with Crippen LogP contribution in [0.5, 0.6) is 17.2 Å². The first-order chi connectivity index (χ1) is 20.1. The predicted molar refractivity (Wildman–Crippen MR) is 154 cm³/mol. The predicted octanol–water partition coefficient (Wildman–Crippen LogP) is 1.17. The standard InChI is InChI=1S/C30H40N4O8/c1-18(2)24-17-42-25-8-6-5-7-22(25)28(37)32-23(13-14-26(36)34-27(19(3)35)30(39)33-24)29(38)31-15-16-41-21-11-9-20(40-4)10-12-21/h5-12,18-19,23-24,27,35H,13-17H2,1-4H3,(H,31,38)(H,32,37)(H,33,39)(H,34,36)/t19-,23+,24-,27+/m1/s1. The number of hydrogen-bond donors (Lipinski definition) is 5. The molecule has 2 aromatic rings. The van der Waals surface area contributed by atoms with Crippen LogP contribution in [-0.4, -0.2) is 79.8 Å². The van der Waals surface area contributed by atoms with E-state index in [1.807, 2.05) is 13.8 Å². The summed E-state index contributed by atoms with van der Waals surface area (Å²) in [5.41, 5.74) is 0.202. The van der Waals surface area contributed by atoms with Gasteiger partial charge in [0.05, 0.1) is 31.4 Å². The third-order valence-corrected chi connectivity index (χ3v) is 6.78. The number of aliphatic hydroxyl groups is 1. The van der Waals surface area contributed by atoms with Crippen molar-refractivity contribution in [2.75, 3.05) is 26.9 Å². The van der Waals surface area contributed by atoms with E-state index in [4.69, 9.17) is 14.2 Å². The third-order valence-electron chi connectivity index (χ3n) is 6.78. The van der Waals surface area contributed by atoms with Crippen LogP contribution in [0.3, 0.4) is 0 Å². The summed E-state index contributed by atoms with van der Waals surface area (Å²) in [5.74, 6) is -0.688. The van der Waals surface area contributed by atoms with E-state index >= 15 is 0 Å². The Bertz CT molecular complexity index is 1220. The molecule has 0 unspecified atom stereocenters. The molecule has 0 aromatic heterocycles. The number of nitrogens with one attached hydrogen (secondary N) is 4. The molecule has 5 N–H and O–H groups in total. The number of rotatable bonds is 8. The first-order valence-electron chi connectivity index (χ1n) is 13.9. The summed E-state index contributed by atoms with van der Waals surface area (Å²) in [6.07, 6.45) is -1.43. The van der Waals surface area contributed by atoms with E-state index in [-0.39, 0.29) is 49.8 Å². The highest BCUT2D eigenvalue weighted by molar-refractivity contribution is 5.99. The summed E-state index contributed by atoms with van der Waals surface area (Å²) in [7, 11) is 1.57. The van der Waals surface area contributed by atoms with Crippen molar-refractivity contribution in [2.45, 2.75) is 57.8 Å². The minimum Gasteiger partial charge on any atom is -0.497 e. The van der Waals surface area contributed by atoms with Crippen LogP contribution in [0.4, 0.5) is 0 Å². The second-order valence-electron chi connectivity index (χ2n) is 10.3. The minimum atomic E-state index is -1.21. The fraction of sp³-hybridized carbons (Fsp3) is 0.467. The molecule has 0 bridgehead atoms. The van der Waals surface area contributed by atoms with Gasteiger partial charge in [-0.1, -0.05) is 26.0 Å². The van der Waals surface area contributed by atoms with Gasteiger partial charge in [0.15, 0.2) is 0 Å². The normalized spacial score (nSPS) is 20.8. The van der Waals surface area contributed by atoms with Crippen LogP contribution < -0.4 is 35.5 Å². The van der Waals surface area contributed by atoms with Crippen LogP contribution >= 0.6 is 0 Å². The molecule has 42 heavy (non-hydrogen) atoms. The molecular formula is C30H40N4O8. The molecule has 4 amide bonds. The molecule has 0 fully saturated rings. The van der Waals surface area contributed by atoms with Crippen LogP contribution in [0.25, 0.3) is 0 Å². The zero-order chi connectivity index (χ0) is 30.6. The molecule has 0 radical (unpaired) electrons. The largest absolute Gasteiger partial charge is 0.497 e. The number of fused-ring (bicyclic) bond motifs is 1. The average molecular weight is 585 g/mol. The van der Waals surface area contributed by atoms with Crippen molar-refractivity contribution in [3.05, 3.63) is 54.1 Å². The second kappa shape index (κ2) is 15.6. The van der Waals surface area contributed by atoms with Gasteiger partial charge in [-0.05, 0) is 55.7 Å². The lowest BCUT2D eigenvalue weighted by atomic mass is 10.0. The number of methoxy groups -OCH3 is 1. The van der Waals surface area contributed by atoms with Gasteiger partial charge in [0.2, 0.25) is 17.7 Å². The lowest BCUT2D eigenvalue weighted by Crippen LogP contribution is -2.56. The lowest BCUT2D eigenvalue weighted by Gasteiger charge is -2.27. The number of ether oxygens (including phenoxy) is 3. The number of amides is 4. The smallest absolute Gasteiger partial charge is 0.255 e. The molecular weight excluding hydrogens is 544 g/mol. The fourth-order valence-electron chi connectivity index (χ4n) is 4.20. The maximum atomic E-state index is 13.3. The number of carbonyl (C=O) groups excluding carboxylic acids is 4. The Morgan fingerprint density at radius 1 is 1.02 bits per heavy atom. The topological polar surface area (TPSA) is 164 Å². The van der Waals surface area contributed by atoms with E-state index in [9.17, 15) is 24.3 Å². The van der Waals surface area contributed by atoms with Gasteiger partial charge < -0.3 is 40.6 Å². The minimum absolute atomic E-state index is 0.0340. The summed E-state index contributed by atoms with van der Waals surface area (Å²) in [5, 5.41) is 21.1. The Labute approximate surface area is 245 Å². The Morgan fingerprint density at radius 3 is 2.38 bits per heavy atom. The number of para-hydroxylation sites is 1. The van der Waals surface area contributed by atoms with Gasteiger partial charge in [0, 0.05) is 6.42 Å². The molecule has 4 atom stereocenters. The number of hydrogen-bond acceptors (Lipinski definition) is 8. The van der Waals surface area contributed by atoms with Gasteiger partial charge in [0.1, 0.15) is 42.5 Å². The Kier molecular flexibility index (Phi) is 12.0. The van der Waals surface area contributed by atoms with Gasteiger partial charge >= 0.3 is 0 Å². The van der Waals surface area contributed by atoms with Crippen molar-refractivity contribution < 1.29 is 38.5 Å². The van der Waals surface area contributed by atoms with Crippen molar-refractivity contribution in [1.29, 1.82) is 0 Å². The molecule has 228 valence electrons. The zero-order valence-corrected chi connectivity index (χ0v) is 24.3. The van der Waals surface area contributed by atoms with Crippen LogP contribution in [0.15, 0.2) is 48.5 Å². The molecule has 3 rings (SSSR count). The van der Waals surface area contributed by atoms with E-state index in [1.54, 1.807) is 55.6 Å². The monoisotopic (exact) mass is 584 g/mol. The zero-order valence-electron chi connectivity index (χ0n) is 24.3. The summed E-state index contributed by atoms with van der Waals surface area (Å²) in [6.45, 7) is 5.53. The quantitative estimate of drug-likeness (QED) is 0.289. The summed E-state index contributed by atoms with van der Waals surface area (Å²) in [6, 6.07) is 10.8. The van der Waals surface area contributed by atoms with Crippen LogP contribution in [0, 0.1) is 5.92 Å². The average Bonchev–Trinajstić information content (AvgIpc) is 2.97. The van der Waals surface area contributed by atoms with Crippen molar-refractivity contribution >= 4 is 23.6 Å². The highest BCUT2D eigenvalue weighted by Crippen LogP contribution is 2.20. The molecule has 2 aromatic carbocycles. The molecule has 0 aliphatic carbocycles. The molecule has 1 aliphatic rings. The van der Waals surface area contributed by atoms with E-state index in [1.165, 1.54) is 6.92 Å². The number of benzene rings is 2. The first-order valence-corrected chi connectivity index (χ1v) is 13.9. The van der Waals surface area contributed by atoms with E-state index in [2.05, 4.69) is 21.3 Å². The SMILES string of the molecule is COc1ccc(OCCNC(=O)[C@@H]2CCC(=O)N[C@@H]([C@@H](C)O)C(=O)N[C@@H](C(C)C)COc3ccccc3C(=O)N2)cc1. The van der Waals surface area contributed by atoms with Crippen molar-refractivity contribution in [2.24, 2.45) is 5.92 Å². The van der Waals surface area contributed by atoms with Gasteiger partial charge in [-0.2, -0.15) is 0 Å². The molecule has 1 heterocycles. The van der Waals surface area contributed by atoms with Crippen molar-refractivity contribution in [3.63, 3.8) is 0 Å². The van der Waals surface area contributed by atoms with Gasteiger partial charge in [0.25, 0.3) is 5.91 Å². The Hall–Kier alpha value is -4.32. The number of carbonyl (C=O) groups is 4. The Balaban J connectivity index is 1.76. The molecule has 12 heteroatoms. The third kappa shape index (κ3) is 9.37. The molecule has 0 saturated carbocycles. The van der Waals surface area contributed by atoms with Crippen LogP contribution in [0.1, 0.15) is 44.0 Å². The summed E-state index contributed by atoms with van der Waals surface area (Å²) in [4.78, 5) is 52.3. The summed E-state index contributed by atoms with van der Waals surface area (Å²) >= 11 is 0. The highest BCUT2D eigenvalue weighted by atomic mass is 16.5. The summed E-state index contributed by atoms with van der Waals surface area (Å²) < 4.78 is 16.7. The molecule has 0 spiro atoms. The van der Waals surface area contributed by atoms with E-state index < -0.39 is 47.9 Å². The molecule has 0 saturated heterocycles. The maximum Gasteiger partial charge on any atom is 0.255 e. The Morgan fingerprint density at radius 2 is 1.71 bits per heavy atom. The van der Waals surface area contributed by atoms with Crippen LogP contribution in [-0.2, 0) is 14.4 Å². The van der Waals surface area contributed by atoms with Gasteiger partial charge in [-0.15, -0.1) is 0 Å². The van der Waals surface area contributed by atoms with Crippen LogP contribution in [0.2, 0.25) is 0 Å². The number of aliphatic hydroxyl groups excluding tert-OH is 1. The van der Waals surface area contributed by atoms with Crippen molar-refractivity contribution in [1.82, 2.24) is 21.3 Å². The van der Waals surface area contributed by atoms with E-state index in [0.29, 0.717) is 11.5 Å². The van der Waals surface area contributed by atoms with Gasteiger partial charge in [-0.25, -0.2) is 0 Å². The highest BCUT2D eigenvalue weighted by Gasteiger charge is 2.30. The molecule has 12 nitrogen and oxygen atoms in total. The van der Waals surface area contributed by atoms with Gasteiger partial charge in [-0.3, -0.25) is 19.2 Å².